The molecule has 0 saturated heterocycles. The average molecular weight is 390 g/mol. The second-order valence-electron chi connectivity index (χ2n) is 6.15. The molecule has 10 heteroatoms. The third-order valence-electron chi connectivity index (χ3n) is 4.17. The number of fused-ring (bicyclic) bond motifs is 2. The lowest BCUT2D eigenvalue weighted by molar-refractivity contribution is -0.141. The van der Waals surface area contributed by atoms with Gasteiger partial charge in [0.1, 0.15) is 6.54 Å². The maximum absolute atomic E-state index is 13.4. The van der Waals surface area contributed by atoms with Crippen LogP contribution < -0.4 is 10.2 Å². The number of aryl methyl sites for hydroxylation is 1. The number of amidine groups is 1. The van der Waals surface area contributed by atoms with E-state index < -0.39 is 22.7 Å². The average Bonchev–Trinajstić information content (AvgIpc) is 3.07. The zero-order valence-corrected chi connectivity index (χ0v) is 16.0. The summed E-state index contributed by atoms with van der Waals surface area (Å²) in [7, 11) is 1.24. The van der Waals surface area contributed by atoms with Gasteiger partial charge in [0.2, 0.25) is 16.7 Å². The normalized spacial score (nSPS) is 20.6. The fourth-order valence-corrected chi connectivity index (χ4v) is 4.40. The van der Waals surface area contributed by atoms with E-state index in [0.717, 1.165) is 22.3 Å². The minimum atomic E-state index is -1.51. The molecule has 1 aromatic rings. The summed E-state index contributed by atoms with van der Waals surface area (Å²) in [5.41, 5.74) is 1.90. The fraction of sp³-hybridized carbons (Fsp3) is 0.353. The molecule has 1 atom stereocenters. The van der Waals surface area contributed by atoms with Crippen molar-refractivity contribution in [2.45, 2.75) is 25.6 Å². The Morgan fingerprint density at radius 1 is 1.30 bits per heavy atom. The number of hydrogen-bond acceptors (Lipinski definition) is 7. The molecule has 0 bridgehead atoms. The number of nitrogens with one attached hydrogen (secondary N) is 1. The van der Waals surface area contributed by atoms with E-state index in [2.05, 4.69) is 10.4 Å². The number of nitrogens with zero attached hydrogens (tertiary/aromatic N) is 3. The zero-order valence-electron chi connectivity index (χ0n) is 15.2. The van der Waals surface area contributed by atoms with Gasteiger partial charge in [0.05, 0.1) is 12.8 Å². The highest BCUT2D eigenvalue weighted by Crippen LogP contribution is 2.54. The number of hydrazone groups is 1. The Morgan fingerprint density at radius 2 is 2.00 bits per heavy atom. The number of amides is 3. The summed E-state index contributed by atoms with van der Waals surface area (Å²) >= 11 is 0.963. The third kappa shape index (κ3) is 2.95. The Morgan fingerprint density at radius 3 is 2.59 bits per heavy atom. The quantitative estimate of drug-likeness (QED) is 0.744. The molecular weight excluding hydrogens is 372 g/mol. The van der Waals surface area contributed by atoms with Crippen LogP contribution in [-0.4, -0.2) is 47.5 Å². The first-order chi connectivity index (χ1) is 12.7. The number of thioether (sulfide) groups is 1. The number of carbonyl (C=O) groups is 4. The maximum atomic E-state index is 13.4. The Bertz CT molecular complexity index is 899. The first kappa shape index (κ1) is 18.9. The zero-order chi connectivity index (χ0) is 19.9. The molecule has 3 amide bonds. The number of carbonyl (C=O) groups excluding carboxylic acids is 4. The number of hydrogen-bond donors (Lipinski definition) is 1. The molecular formula is C17H18N4O5S. The van der Waals surface area contributed by atoms with Gasteiger partial charge in [-0.1, -0.05) is 17.7 Å². The topological polar surface area (TPSA) is 108 Å². The molecule has 27 heavy (non-hydrogen) atoms. The summed E-state index contributed by atoms with van der Waals surface area (Å²) in [6.45, 7) is 4.15. The molecule has 1 aromatic carbocycles. The number of esters is 1. The second-order valence-corrected chi connectivity index (χ2v) is 7.33. The Labute approximate surface area is 159 Å². The van der Waals surface area contributed by atoms with E-state index in [1.807, 2.05) is 13.0 Å². The van der Waals surface area contributed by atoms with Crippen LogP contribution in [0.4, 0.5) is 5.69 Å². The van der Waals surface area contributed by atoms with Gasteiger partial charge in [0.25, 0.3) is 5.91 Å². The van der Waals surface area contributed by atoms with Gasteiger partial charge in [-0.05, 0) is 24.8 Å². The van der Waals surface area contributed by atoms with Gasteiger partial charge in [-0.2, -0.15) is 5.01 Å². The first-order valence-corrected chi connectivity index (χ1v) is 8.88. The van der Waals surface area contributed by atoms with Crippen LogP contribution in [0.3, 0.4) is 0 Å². The summed E-state index contributed by atoms with van der Waals surface area (Å²) in [5.74, 6) is -1.93. The van der Waals surface area contributed by atoms with Gasteiger partial charge in [-0.15, -0.1) is 5.10 Å². The van der Waals surface area contributed by atoms with E-state index in [1.165, 1.54) is 25.9 Å². The van der Waals surface area contributed by atoms with Crippen LogP contribution in [0.25, 0.3) is 0 Å². The molecule has 2 heterocycles. The third-order valence-corrected chi connectivity index (χ3v) is 5.41. The van der Waals surface area contributed by atoms with E-state index in [9.17, 15) is 19.2 Å². The molecule has 0 saturated carbocycles. The van der Waals surface area contributed by atoms with Crippen molar-refractivity contribution in [3.63, 3.8) is 0 Å². The minimum absolute atomic E-state index is 0.137. The van der Waals surface area contributed by atoms with Crippen LogP contribution in [-0.2, 0) is 28.8 Å². The van der Waals surface area contributed by atoms with E-state index in [4.69, 9.17) is 4.74 Å². The minimum Gasteiger partial charge on any atom is -0.468 e. The second kappa shape index (κ2) is 6.69. The summed E-state index contributed by atoms with van der Waals surface area (Å²) in [5, 5.41) is 7.87. The van der Waals surface area contributed by atoms with Crippen LogP contribution in [0.1, 0.15) is 25.0 Å². The van der Waals surface area contributed by atoms with Crippen LogP contribution in [0.15, 0.2) is 23.3 Å². The molecule has 1 spiro atoms. The summed E-state index contributed by atoms with van der Waals surface area (Å²) in [6, 6.07) is 5.30. The highest BCUT2D eigenvalue weighted by Gasteiger charge is 2.61. The molecule has 1 N–H and O–H groups in total. The van der Waals surface area contributed by atoms with Gasteiger partial charge in [0.15, 0.2) is 5.17 Å². The monoisotopic (exact) mass is 390 g/mol. The number of benzene rings is 1. The lowest BCUT2D eigenvalue weighted by Crippen LogP contribution is -2.49. The van der Waals surface area contributed by atoms with Crippen LogP contribution >= 0.6 is 11.8 Å². The predicted octanol–water partition coefficient (Wildman–Crippen LogP) is 0.670. The van der Waals surface area contributed by atoms with Crippen molar-refractivity contribution in [1.29, 1.82) is 0 Å². The standard InChI is InChI=1S/C17H18N4O5S/c1-9-5-6-13-12(7-9)17(15(25)20(13)8-14(24)26-4)21(11(3)23)19-16(27-17)18-10(2)22/h5-7H,8H2,1-4H3,(H,18,19,22)/t17-/m0/s1. The smallest absolute Gasteiger partial charge is 0.325 e. The van der Waals surface area contributed by atoms with Crippen molar-refractivity contribution in [3.05, 3.63) is 29.3 Å². The van der Waals surface area contributed by atoms with Crippen LogP contribution in [0.2, 0.25) is 0 Å². The highest BCUT2D eigenvalue weighted by atomic mass is 32.2. The van der Waals surface area contributed by atoms with E-state index in [1.54, 1.807) is 12.1 Å². The van der Waals surface area contributed by atoms with Crippen LogP contribution in [0, 0.1) is 6.92 Å². The Hall–Kier alpha value is -2.88. The van der Waals surface area contributed by atoms with E-state index in [0.29, 0.717) is 11.3 Å². The van der Waals surface area contributed by atoms with E-state index in [-0.39, 0.29) is 17.6 Å². The van der Waals surface area contributed by atoms with Crippen molar-refractivity contribution in [1.82, 2.24) is 10.3 Å². The van der Waals surface area contributed by atoms with Gasteiger partial charge < -0.3 is 10.1 Å². The summed E-state index contributed by atoms with van der Waals surface area (Å²) in [4.78, 5) is 48.7. The van der Waals surface area contributed by atoms with Crippen molar-refractivity contribution in [2.24, 2.45) is 5.10 Å². The first-order valence-electron chi connectivity index (χ1n) is 8.06. The Balaban J connectivity index is 2.15. The molecule has 0 aromatic heterocycles. The lowest BCUT2D eigenvalue weighted by atomic mass is 10.0. The fourth-order valence-electron chi connectivity index (χ4n) is 3.08. The number of rotatable bonds is 2. The van der Waals surface area contributed by atoms with Crippen molar-refractivity contribution < 1.29 is 23.9 Å². The Kier molecular flexibility index (Phi) is 4.68. The van der Waals surface area contributed by atoms with Crippen molar-refractivity contribution in [3.8, 4) is 0 Å². The largest absolute Gasteiger partial charge is 0.468 e. The van der Waals surface area contributed by atoms with Crippen LogP contribution in [0.5, 0.6) is 0 Å². The molecule has 0 fully saturated rings. The van der Waals surface area contributed by atoms with E-state index >= 15 is 0 Å². The molecule has 2 aliphatic rings. The highest BCUT2D eigenvalue weighted by molar-refractivity contribution is 8.15. The SMILES string of the molecule is COC(=O)CN1C(=O)[C@@]2(SC(NC(C)=O)=NN2C(C)=O)c2cc(C)ccc21. The van der Waals surface area contributed by atoms with Crippen molar-refractivity contribution in [2.75, 3.05) is 18.6 Å². The van der Waals surface area contributed by atoms with Crippen molar-refractivity contribution >= 4 is 46.3 Å². The lowest BCUT2D eigenvalue weighted by Gasteiger charge is -2.29. The molecule has 9 nitrogen and oxygen atoms in total. The summed E-state index contributed by atoms with van der Waals surface area (Å²) < 4.78 is 4.69. The van der Waals surface area contributed by atoms with Gasteiger partial charge >= 0.3 is 5.97 Å². The molecule has 0 radical (unpaired) electrons. The number of anilines is 1. The predicted molar refractivity (Wildman–Crippen MR) is 98.6 cm³/mol. The number of ether oxygens (including phenoxy) is 1. The summed E-state index contributed by atoms with van der Waals surface area (Å²) in [6.07, 6.45) is 0. The molecule has 3 rings (SSSR count). The van der Waals surface area contributed by atoms with Gasteiger partial charge in [-0.3, -0.25) is 24.1 Å². The molecule has 0 unspecified atom stereocenters. The maximum Gasteiger partial charge on any atom is 0.325 e. The molecule has 142 valence electrons. The number of methoxy groups -OCH3 is 1. The molecule has 2 aliphatic heterocycles. The molecule has 0 aliphatic carbocycles. The van der Waals surface area contributed by atoms with Gasteiger partial charge in [0, 0.05) is 19.4 Å². The van der Waals surface area contributed by atoms with Gasteiger partial charge in [-0.25, -0.2) is 0 Å².